The van der Waals surface area contributed by atoms with Gasteiger partial charge in [0, 0.05) is 56.8 Å². The summed E-state index contributed by atoms with van der Waals surface area (Å²) in [6, 6.07) is 20.2. The van der Waals surface area contributed by atoms with E-state index in [9.17, 15) is 18.7 Å². The number of amides is 1. The number of fused-ring (bicyclic) bond motifs is 1. The zero-order valence-corrected chi connectivity index (χ0v) is 25.9. The number of halogens is 2. The number of aromatic hydroxyl groups is 1. The zero-order valence-electron chi connectivity index (χ0n) is 25.9. The fourth-order valence-corrected chi connectivity index (χ4v) is 5.94. The highest BCUT2D eigenvalue weighted by Crippen LogP contribution is 2.37. The molecule has 1 saturated heterocycles. The van der Waals surface area contributed by atoms with E-state index in [0.717, 1.165) is 48.6 Å². The summed E-state index contributed by atoms with van der Waals surface area (Å²) in [7, 11) is 3.75. The molecule has 1 unspecified atom stereocenters. The second-order valence-electron chi connectivity index (χ2n) is 11.7. The van der Waals surface area contributed by atoms with Crippen LogP contribution in [0.5, 0.6) is 5.75 Å². The van der Waals surface area contributed by atoms with E-state index in [1.54, 1.807) is 19.2 Å². The van der Waals surface area contributed by atoms with Gasteiger partial charge in [-0.25, -0.2) is 14.2 Å². The quantitative estimate of drug-likeness (QED) is 0.155. The van der Waals surface area contributed by atoms with Crippen LogP contribution < -0.4 is 26.4 Å². The number of piperazine rings is 1. The predicted molar refractivity (Wildman–Crippen MR) is 176 cm³/mol. The number of carbonyl (C=O) groups is 1. The van der Waals surface area contributed by atoms with E-state index < -0.39 is 17.7 Å². The first kappa shape index (κ1) is 31.3. The molecule has 6 rings (SSSR count). The molecule has 5 N–H and O–H groups in total. The number of methoxy groups -OCH3 is 1. The van der Waals surface area contributed by atoms with Gasteiger partial charge in [0.15, 0.2) is 11.6 Å². The normalized spacial score (nSPS) is 16.2. The Bertz CT molecular complexity index is 1730. The van der Waals surface area contributed by atoms with Crippen LogP contribution in [0.3, 0.4) is 0 Å². The molecule has 11 heteroatoms. The third kappa shape index (κ3) is 6.91. The molecule has 0 spiro atoms. The van der Waals surface area contributed by atoms with Gasteiger partial charge in [-0.1, -0.05) is 18.2 Å². The minimum atomic E-state index is -0.737. The van der Waals surface area contributed by atoms with Crippen molar-refractivity contribution in [3.05, 3.63) is 107 Å². The van der Waals surface area contributed by atoms with Crippen molar-refractivity contribution in [1.82, 2.24) is 15.6 Å². The molecule has 0 bridgehead atoms. The number of nitrogens with zero attached hydrogens (tertiary/aromatic N) is 2. The number of anilines is 3. The van der Waals surface area contributed by atoms with Gasteiger partial charge >= 0.3 is 0 Å². The summed E-state index contributed by atoms with van der Waals surface area (Å²) in [5.74, 6) is -1.79. The lowest BCUT2D eigenvalue weighted by Crippen LogP contribution is -2.44. The van der Waals surface area contributed by atoms with Crippen molar-refractivity contribution < 1.29 is 23.4 Å². The molecular formula is C35H38F2N6O3. The van der Waals surface area contributed by atoms with Crippen molar-refractivity contribution in [3.63, 3.8) is 0 Å². The van der Waals surface area contributed by atoms with E-state index in [1.165, 1.54) is 24.3 Å². The lowest BCUT2D eigenvalue weighted by Gasteiger charge is -2.34. The molecule has 4 aromatic rings. The number of likely N-dealkylation sites (N-methyl/N-ethyl adjacent to an activating group) is 1. The fraction of sp³-hybridized carbons (Fsp3) is 0.286. The minimum Gasteiger partial charge on any atom is -0.505 e. The summed E-state index contributed by atoms with van der Waals surface area (Å²) in [5, 5.41) is 16.2. The SMILES string of the molecule is COCCNc1cc(N2CCN(C)CC2)ccc1C(=O)NC1NNc2cc(-c3ccc(O)c(F)c3)c(Cc3cccc(F)c3)cc21. The number of phenols is 1. The second kappa shape index (κ2) is 13.7. The number of nitrogens with one attached hydrogen (secondary N) is 4. The molecule has 46 heavy (non-hydrogen) atoms. The van der Waals surface area contributed by atoms with E-state index in [2.05, 4.69) is 38.3 Å². The zero-order chi connectivity index (χ0) is 32.2. The van der Waals surface area contributed by atoms with E-state index in [1.807, 2.05) is 36.4 Å². The van der Waals surface area contributed by atoms with Crippen molar-refractivity contribution in [2.24, 2.45) is 0 Å². The monoisotopic (exact) mass is 628 g/mol. The summed E-state index contributed by atoms with van der Waals surface area (Å²) in [6.07, 6.45) is -0.214. The van der Waals surface area contributed by atoms with Crippen LogP contribution in [0.4, 0.5) is 25.8 Å². The van der Waals surface area contributed by atoms with Crippen molar-refractivity contribution in [1.29, 1.82) is 0 Å². The number of hydrogen-bond donors (Lipinski definition) is 5. The van der Waals surface area contributed by atoms with Crippen molar-refractivity contribution in [2.45, 2.75) is 12.6 Å². The molecule has 4 aromatic carbocycles. The molecule has 1 atom stereocenters. The third-order valence-electron chi connectivity index (χ3n) is 8.49. The van der Waals surface area contributed by atoms with Crippen molar-refractivity contribution in [3.8, 4) is 16.9 Å². The Morgan fingerprint density at radius 1 is 1.02 bits per heavy atom. The van der Waals surface area contributed by atoms with Crippen LogP contribution in [-0.2, 0) is 11.2 Å². The Balaban J connectivity index is 1.29. The van der Waals surface area contributed by atoms with Crippen molar-refractivity contribution in [2.75, 3.05) is 69.1 Å². The minimum absolute atomic E-state index is 0.270. The number of hydrazine groups is 1. The molecule has 0 radical (unpaired) electrons. The standard InChI is InChI=1S/C35H38F2N6O3/c1-42-11-13-43(14-12-42)26-7-8-27(31(20-26)38-10-15-46-2)35(45)39-34-29-18-24(16-22-4-3-5-25(36)17-22)28(21-32(29)40-41-34)23-6-9-33(44)30(37)19-23/h3-9,17-21,34,38,40-41,44H,10-16H2,1-2H3,(H,39,45). The van der Waals surface area contributed by atoms with E-state index in [-0.39, 0.29) is 11.7 Å². The first-order valence-electron chi connectivity index (χ1n) is 15.3. The number of phenolic OH excluding ortho intramolecular Hbond substituents is 1. The highest BCUT2D eigenvalue weighted by atomic mass is 19.1. The molecule has 0 aliphatic carbocycles. The molecule has 0 aromatic heterocycles. The molecule has 9 nitrogen and oxygen atoms in total. The van der Waals surface area contributed by atoms with Gasteiger partial charge in [-0.05, 0) is 90.3 Å². The average Bonchev–Trinajstić information content (AvgIpc) is 3.43. The molecule has 240 valence electrons. The maximum Gasteiger partial charge on any atom is 0.254 e. The van der Waals surface area contributed by atoms with Gasteiger partial charge in [0.25, 0.3) is 5.91 Å². The average molecular weight is 629 g/mol. The Morgan fingerprint density at radius 2 is 1.85 bits per heavy atom. The smallest absolute Gasteiger partial charge is 0.254 e. The Hall–Kier alpha value is -4.71. The maximum atomic E-state index is 14.4. The Kier molecular flexibility index (Phi) is 9.34. The largest absolute Gasteiger partial charge is 0.505 e. The first-order chi connectivity index (χ1) is 22.3. The first-order valence-corrected chi connectivity index (χ1v) is 15.3. The van der Waals surface area contributed by atoms with Gasteiger partial charge in [-0.3, -0.25) is 4.79 Å². The maximum absolute atomic E-state index is 14.4. The van der Waals surface area contributed by atoms with Gasteiger partial charge in [0.2, 0.25) is 0 Å². The summed E-state index contributed by atoms with van der Waals surface area (Å²) < 4.78 is 33.7. The molecule has 2 heterocycles. The van der Waals surface area contributed by atoms with Crippen LogP contribution in [0.1, 0.15) is 33.2 Å². The number of benzene rings is 4. The molecule has 0 saturated carbocycles. The topological polar surface area (TPSA) is 101 Å². The van der Waals surface area contributed by atoms with E-state index in [4.69, 9.17) is 4.74 Å². The summed E-state index contributed by atoms with van der Waals surface area (Å²) in [4.78, 5) is 18.4. The Labute approximate surface area is 267 Å². The predicted octanol–water partition coefficient (Wildman–Crippen LogP) is 5.10. The third-order valence-corrected chi connectivity index (χ3v) is 8.49. The van der Waals surface area contributed by atoms with Crippen LogP contribution in [0.2, 0.25) is 0 Å². The van der Waals surface area contributed by atoms with Crippen LogP contribution in [-0.4, -0.2) is 69.4 Å². The van der Waals surface area contributed by atoms with Gasteiger partial charge in [-0.2, -0.15) is 0 Å². The van der Waals surface area contributed by atoms with E-state index in [0.29, 0.717) is 47.6 Å². The van der Waals surface area contributed by atoms with Gasteiger partial charge < -0.3 is 35.7 Å². The molecule has 1 amide bonds. The molecule has 2 aliphatic heterocycles. The second-order valence-corrected chi connectivity index (χ2v) is 11.7. The lowest BCUT2D eigenvalue weighted by atomic mass is 9.91. The number of hydrogen-bond acceptors (Lipinski definition) is 8. The summed E-state index contributed by atoms with van der Waals surface area (Å²) in [6.45, 7) is 4.79. The number of rotatable bonds is 10. The van der Waals surface area contributed by atoms with Crippen LogP contribution in [0, 0.1) is 11.6 Å². The highest BCUT2D eigenvalue weighted by Gasteiger charge is 2.27. The number of ether oxygens (including phenoxy) is 1. The van der Waals surface area contributed by atoms with Gasteiger partial charge in [-0.15, -0.1) is 0 Å². The Morgan fingerprint density at radius 3 is 2.61 bits per heavy atom. The van der Waals surface area contributed by atoms with Crippen LogP contribution in [0.15, 0.2) is 72.8 Å². The van der Waals surface area contributed by atoms with Gasteiger partial charge in [0.05, 0.1) is 17.9 Å². The highest BCUT2D eigenvalue weighted by molar-refractivity contribution is 6.00. The van der Waals surface area contributed by atoms with E-state index >= 15 is 0 Å². The molecule has 1 fully saturated rings. The lowest BCUT2D eigenvalue weighted by molar-refractivity contribution is 0.0933. The summed E-state index contributed by atoms with van der Waals surface area (Å²) >= 11 is 0. The molecular weight excluding hydrogens is 590 g/mol. The van der Waals surface area contributed by atoms with Crippen LogP contribution in [0.25, 0.3) is 11.1 Å². The van der Waals surface area contributed by atoms with Gasteiger partial charge in [0.1, 0.15) is 12.0 Å². The molecule has 2 aliphatic rings. The van der Waals surface area contributed by atoms with Crippen LogP contribution >= 0.6 is 0 Å². The fourth-order valence-electron chi connectivity index (χ4n) is 5.94. The number of carbonyl (C=O) groups excluding carboxylic acids is 1. The van der Waals surface area contributed by atoms with Crippen molar-refractivity contribution >= 4 is 23.0 Å². The summed E-state index contributed by atoms with van der Waals surface area (Å²) in [5.41, 5.74) is 12.9.